The van der Waals surface area contributed by atoms with Crippen LogP contribution in [0.5, 0.6) is 11.5 Å². The van der Waals surface area contributed by atoms with Crippen molar-refractivity contribution in [3.8, 4) is 11.5 Å². The van der Waals surface area contributed by atoms with Crippen LogP contribution in [0.4, 0.5) is 0 Å². The average Bonchev–Trinajstić information content (AvgIpc) is 2.69. The van der Waals surface area contributed by atoms with Gasteiger partial charge >= 0.3 is 11.6 Å². The van der Waals surface area contributed by atoms with Crippen molar-refractivity contribution in [3.63, 3.8) is 0 Å². The Hall–Kier alpha value is -3.61. The van der Waals surface area contributed by atoms with E-state index >= 15 is 0 Å². The van der Waals surface area contributed by atoms with Crippen LogP contribution in [0.2, 0.25) is 0 Å². The summed E-state index contributed by atoms with van der Waals surface area (Å²) in [7, 11) is 1.48. The molecule has 0 saturated heterocycles. The summed E-state index contributed by atoms with van der Waals surface area (Å²) in [6.07, 6.45) is -0.0938. The lowest BCUT2D eigenvalue weighted by atomic mass is 10.0. The number of aromatic hydroxyl groups is 1. The number of ether oxygens (including phenoxy) is 2. The molecule has 2 aromatic carbocycles. The molecule has 0 atom stereocenters. The van der Waals surface area contributed by atoms with Crippen molar-refractivity contribution in [2.24, 2.45) is 0 Å². The van der Waals surface area contributed by atoms with Crippen LogP contribution in [0, 0.1) is 6.92 Å². The van der Waals surface area contributed by atoms with Crippen LogP contribution in [-0.4, -0.2) is 24.0 Å². The van der Waals surface area contributed by atoms with Crippen LogP contribution in [-0.2, 0) is 22.6 Å². The molecular weight excluding hydrogens is 376 g/mol. The Bertz CT molecular complexity index is 1160. The van der Waals surface area contributed by atoms with Gasteiger partial charge in [-0.3, -0.25) is 9.59 Å². The Morgan fingerprint density at radius 1 is 1.10 bits per heavy atom. The molecule has 0 unspecified atom stereocenters. The number of methoxy groups -OCH3 is 1. The van der Waals surface area contributed by atoms with Gasteiger partial charge in [-0.15, -0.1) is 0 Å². The van der Waals surface area contributed by atoms with E-state index in [1.165, 1.54) is 26.2 Å². The molecule has 7 nitrogen and oxygen atoms in total. The number of benzene rings is 2. The highest BCUT2D eigenvalue weighted by molar-refractivity contribution is 5.94. The second-order valence-corrected chi connectivity index (χ2v) is 6.60. The number of carbonyl (C=O) groups excluding carboxylic acids is 2. The molecule has 29 heavy (non-hydrogen) atoms. The monoisotopic (exact) mass is 396 g/mol. The Morgan fingerprint density at radius 3 is 2.55 bits per heavy atom. The third kappa shape index (κ3) is 4.29. The molecule has 0 spiro atoms. The van der Waals surface area contributed by atoms with Crippen molar-refractivity contribution in [1.82, 2.24) is 0 Å². The SMILES string of the molecule is COc1ccc(C(C)=O)cc1CC(=O)OCc1cc(=O)oc2c(C)c(O)ccc12. The Labute approximate surface area is 166 Å². The molecule has 0 amide bonds. The number of aryl methyl sites for hydroxylation is 1. The molecule has 1 aromatic heterocycles. The molecule has 7 heteroatoms. The van der Waals surface area contributed by atoms with Gasteiger partial charge < -0.3 is 19.0 Å². The zero-order valence-electron chi connectivity index (χ0n) is 16.3. The number of rotatable bonds is 6. The minimum Gasteiger partial charge on any atom is -0.508 e. The summed E-state index contributed by atoms with van der Waals surface area (Å²) in [5.41, 5.74) is 1.54. The molecule has 0 aliphatic heterocycles. The molecule has 1 heterocycles. The molecule has 0 fully saturated rings. The molecule has 150 valence electrons. The third-order valence-corrected chi connectivity index (χ3v) is 4.63. The summed E-state index contributed by atoms with van der Waals surface area (Å²) in [6, 6.07) is 9.20. The van der Waals surface area contributed by atoms with Gasteiger partial charge in [-0.1, -0.05) is 0 Å². The van der Waals surface area contributed by atoms with E-state index in [1.807, 2.05) is 0 Å². The number of phenolic OH excluding ortho intramolecular Hbond substituents is 1. The van der Waals surface area contributed by atoms with Crippen LogP contribution in [0.3, 0.4) is 0 Å². The van der Waals surface area contributed by atoms with Gasteiger partial charge in [-0.25, -0.2) is 4.79 Å². The fraction of sp³-hybridized carbons (Fsp3) is 0.227. The second kappa shape index (κ2) is 8.18. The number of Topliss-reactive ketones (excluding diaryl/α,β-unsaturated/α-hetero) is 1. The van der Waals surface area contributed by atoms with Crippen LogP contribution >= 0.6 is 0 Å². The van der Waals surface area contributed by atoms with Crippen molar-refractivity contribution in [3.05, 3.63) is 69.1 Å². The number of fused-ring (bicyclic) bond motifs is 1. The van der Waals surface area contributed by atoms with Crippen molar-refractivity contribution in [2.45, 2.75) is 26.9 Å². The van der Waals surface area contributed by atoms with E-state index in [2.05, 4.69) is 0 Å². The molecule has 0 saturated carbocycles. The van der Waals surface area contributed by atoms with Crippen molar-refractivity contribution >= 4 is 22.7 Å². The van der Waals surface area contributed by atoms with E-state index in [4.69, 9.17) is 13.9 Å². The fourth-order valence-electron chi connectivity index (χ4n) is 3.04. The molecule has 3 rings (SSSR count). The molecule has 0 bridgehead atoms. The van der Waals surface area contributed by atoms with E-state index in [0.717, 1.165) is 0 Å². The Balaban J connectivity index is 1.82. The molecule has 0 aliphatic carbocycles. The minimum absolute atomic E-state index is 0.00671. The normalized spacial score (nSPS) is 10.7. The lowest BCUT2D eigenvalue weighted by molar-refractivity contribution is -0.144. The summed E-state index contributed by atoms with van der Waals surface area (Å²) in [4.78, 5) is 35.8. The highest BCUT2D eigenvalue weighted by atomic mass is 16.5. The van der Waals surface area contributed by atoms with Gasteiger partial charge in [0.25, 0.3) is 0 Å². The van der Waals surface area contributed by atoms with E-state index in [0.29, 0.717) is 33.4 Å². The summed E-state index contributed by atoms with van der Waals surface area (Å²) >= 11 is 0. The topological polar surface area (TPSA) is 103 Å². The lowest BCUT2D eigenvalue weighted by Crippen LogP contribution is -2.11. The molecule has 0 radical (unpaired) electrons. The number of hydrogen-bond donors (Lipinski definition) is 1. The van der Waals surface area contributed by atoms with Crippen LogP contribution in [0.25, 0.3) is 11.0 Å². The minimum atomic E-state index is -0.604. The van der Waals surface area contributed by atoms with E-state index in [-0.39, 0.29) is 30.1 Å². The lowest BCUT2D eigenvalue weighted by Gasteiger charge is -2.11. The fourth-order valence-corrected chi connectivity index (χ4v) is 3.04. The van der Waals surface area contributed by atoms with E-state index in [9.17, 15) is 19.5 Å². The first kappa shape index (κ1) is 20.1. The van der Waals surface area contributed by atoms with Crippen LogP contribution in [0.1, 0.15) is 34.0 Å². The predicted molar refractivity (Wildman–Crippen MR) is 105 cm³/mol. The summed E-state index contributed by atoms with van der Waals surface area (Å²) in [5.74, 6) is -0.180. The maximum absolute atomic E-state index is 12.4. The molecule has 3 aromatic rings. The summed E-state index contributed by atoms with van der Waals surface area (Å²) < 4.78 is 15.8. The first-order valence-corrected chi connectivity index (χ1v) is 8.89. The van der Waals surface area contributed by atoms with E-state index in [1.54, 1.807) is 31.2 Å². The zero-order chi connectivity index (χ0) is 21.1. The molecule has 1 N–H and O–H groups in total. The van der Waals surface area contributed by atoms with Gasteiger partial charge in [-0.2, -0.15) is 0 Å². The maximum Gasteiger partial charge on any atom is 0.336 e. The summed E-state index contributed by atoms with van der Waals surface area (Å²) in [6.45, 7) is 2.93. The van der Waals surface area contributed by atoms with E-state index < -0.39 is 11.6 Å². The van der Waals surface area contributed by atoms with Crippen molar-refractivity contribution in [2.75, 3.05) is 7.11 Å². The van der Waals surface area contributed by atoms with Gasteiger partial charge in [0.1, 0.15) is 23.7 Å². The van der Waals surface area contributed by atoms with Gasteiger partial charge in [0, 0.05) is 33.7 Å². The zero-order valence-corrected chi connectivity index (χ0v) is 16.3. The first-order valence-electron chi connectivity index (χ1n) is 8.89. The summed E-state index contributed by atoms with van der Waals surface area (Å²) in [5, 5.41) is 10.4. The highest BCUT2D eigenvalue weighted by Gasteiger charge is 2.15. The standard InChI is InChI=1S/C22H20O7/c1-12-18(24)6-5-17-16(10-21(26)29-22(12)17)11-28-20(25)9-15-8-14(13(2)23)4-7-19(15)27-3/h4-8,10,24H,9,11H2,1-3H3. The number of phenols is 1. The van der Waals surface area contributed by atoms with Crippen molar-refractivity contribution < 1.29 is 28.6 Å². The smallest absolute Gasteiger partial charge is 0.336 e. The van der Waals surface area contributed by atoms with Gasteiger partial charge in [-0.05, 0) is 44.2 Å². The third-order valence-electron chi connectivity index (χ3n) is 4.63. The first-order chi connectivity index (χ1) is 13.8. The average molecular weight is 396 g/mol. The molecule has 0 aliphatic rings. The van der Waals surface area contributed by atoms with Gasteiger partial charge in [0.2, 0.25) is 0 Å². The maximum atomic E-state index is 12.4. The van der Waals surface area contributed by atoms with Crippen molar-refractivity contribution in [1.29, 1.82) is 0 Å². The highest BCUT2D eigenvalue weighted by Crippen LogP contribution is 2.28. The van der Waals surface area contributed by atoms with Crippen LogP contribution in [0.15, 0.2) is 45.6 Å². The number of carbonyl (C=O) groups is 2. The van der Waals surface area contributed by atoms with Gasteiger partial charge in [0.15, 0.2) is 5.78 Å². The quantitative estimate of drug-likeness (QED) is 0.387. The molecular formula is C22H20O7. The predicted octanol–water partition coefficient (Wildman–Crippen LogP) is 3.30. The van der Waals surface area contributed by atoms with Gasteiger partial charge in [0.05, 0.1) is 13.5 Å². The number of ketones is 1. The Kier molecular flexibility index (Phi) is 5.68. The van der Waals surface area contributed by atoms with Crippen LogP contribution < -0.4 is 10.4 Å². The number of hydrogen-bond acceptors (Lipinski definition) is 7. The second-order valence-electron chi connectivity index (χ2n) is 6.60. The largest absolute Gasteiger partial charge is 0.508 e. The Morgan fingerprint density at radius 2 is 1.86 bits per heavy atom. The number of esters is 1.